The van der Waals surface area contributed by atoms with E-state index in [0.29, 0.717) is 23.8 Å². The van der Waals surface area contributed by atoms with Crippen LogP contribution in [0.3, 0.4) is 0 Å². The van der Waals surface area contributed by atoms with Gasteiger partial charge in [0.05, 0.1) is 5.39 Å². The van der Waals surface area contributed by atoms with Crippen LogP contribution in [0.25, 0.3) is 20.7 Å². The van der Waals surface area contributed by atoms with Crippen molar-refractivity contribution in [2.45, 2.75) is 19.5 Å². The van der Waals surface area contributed by atoms with Crippen LogP contribution in [-0.2, 0) is 6.54 Å². The second kappa shape index (κ2) is 7.23. The molecule has 2 aromatic carbocycles. The standard InChI is InChI=1S/C21H19N3OS/c1-14(15-8-4-2-5-9-15)22-13-19-23-20(25)17-12-18(26-21(17)24-19)16-10-6-3-7-11-16/h2-12,14,22H,13H2,1H3,(H,23,24,25)/p+1/t14-/m0/s1. The third kappa shape index (κ3) is 3.45. The predicted octanol–water partition coefficient (Wildman–Crippen LogP) is 3.48. The van der Waals surface area contributed by atoms with Crippen LogP contribution in [0, 0.1) is 0 Å². The molecule has 4 nitrogen and oxygen atoms in total. The number of hydrogen-bond donors (Lipinski definition) is 2. The number of fused-ring (bicyclic) bond motifs is 1. The van der Waals surface area contributed by atoms with Gasteiger partial charge in [-0.05, 0) is 18.6 Å². The van der Waals surface area contributed by atoms with E-state index in [9.17, 15) is 4.79 Å². The number of nitrogens with one attached hydrogen (secondary N) is 1. The highest BCUT2D eigenvalue weighted by Gasteiger charge is 2.13. The highest BCUT2D eigenvalue weighted by atomic mass is 32.1. The largest absolute Gasteiger partial charge is 0.334 e. The molecule has 0 fully saturated rings. The maximum atomic E-state index is 12.5. The van der Waals surface area contributed by atoms with Gasteiger partial charge >= 0.3 is 0 Å². The van der Waals surface area contributed by atoms with Crippen LogP contribution in [0.2, 0.25) is 0 Å². The number of H-pyrrole nitrogens is 1. The molecular formula is C21H20N3OS+. The van der Waals surface area contributed by atoms with Crippen LogP contribution in [0.1, 0.15) is 24.4 Å². The van der Waals surface area contributed by atoms with Gasteiger partial charge in [-0.1, -0.05) is 60.7 Å². The minimum atomic E-state index is -0.0656. The minimum Gasteiger partial charge on any atom is -0.334 e. The lowest BCUT2D eigenvalue weighted by molar-refractivity contribution is -0.708. The Labute approximate surface area is 155 Å². The van der Waals surface area contributed by atoms with E-state index in [0.717, 1.165) is 15.3 Å². The molecule has 0 aliphatic carbocycles. The molecule has 4 aromatic rings. The normalized spacial score (nSPS) is 12.3. The molecule has 4 rings (SSSR count). The average Bonchev–Trinajstić information content (AvgIpc) is 3.12. The molecular weight excluding hydrogens is 342 g/mol. The van der Waals surface area contributed by atoms with Crippen LogP contribution in [0.4, 0.5) is 0 Å². The molecule has 2 heterocycles. The third-order valence-electron chi connectivity index (χ3n) is 4.50. The zero-order valence-corrected chi connectivity index (χ0v) is 15.3. The van der Waals surface area contributed by atoms with Crippen molar-refractivity contribution < 1.29 is 5.32 Å². The molecule has 0 radical (unpaired) electrons. The van der Waals surface area contributed by atoms with E-state index in [1.807, 2.05) is 42.5 Å². The highest BCUT2D eigenvalue weighted by Crippen LogP contribution is 2.30. The van der Waals surface area contributed by atoms with Gasteiger partial charge in [-0.3, -0.25) is 4.79 Å². The molecule has 1 atom stereocenters. The summed E-state index contributed by atoms with van der Waals surface area (Å²) < 4.78 is 0. The summed E-state index contributed by atoms with van der Waals surface area (Å²) in [5, 5.41) is 2.85. The Bertz CT molecular complexity index is 1070. The molecule has 130 valence electrons. The van der Waals surface area contributed by atoms with Crippen LogP contribution in [-0.4, -0.2) is 9.97 Å². The van der Waals surface area contributed by atoms with Gasteiger partial charge in [0.15, 0.2) is 5.82 Å². The van der Waals surface area contributed by atoms with Crippen molar-refractivity contribution in [3.05, 3.63) is 88.5 Å². The van der Waals surface area contributed by atoms with Crippen molar-refractivity contribution in [3.8, 4) is 10.4 Å². The summed E-state index contributed by atoms with van der Waals surface area (Å²) in [6.07, 6.45) is 0. The fraction of sp³-hybridized carbons (Fsp3) is 0.143. The molecule has 0 aliphatic rings. The number of aromatic amines is 1. The van der Waals surface area contributed by atoms with Crippen molar-refractivity contribution in [3.63, 3.8) is 0 Å². The Morgan fingerprint density at radius 2 is 1.77 bits per heavy atom. The van der Waals surface area contributed by atoms with Crippen molar-refractivity contribution in [2.24, 2.45) is 0 Å². The Morgan fingerprint density at radius 1 is 1.08 bits per heavy atom. The summed E-state index contributed by atoms with van der Waals surface area (Å²) in [7, 11) is 0. The third-order valence-corrected chi connectivity index (χ3v) is 5.58. The van der Waals surface area contributed by atoms with Crippen molar-refractivity contribution >= 4 is 21.6 Å². The molecule has 26 heavy (non-hydrogen) atoms. The van der Waals surface area contributed by atoms with E-state index in [-0.39, 0.29) is 5.56 Å². The van der Waals surface area contributed by atoms with Gasteiger partial charge in [-0.2, -0.15) is 0 Å². The first kappa shape index (κ1) is 16.7. The van der Waals surface area contributed by atoms with E-state index in [4.69, 9.17) is 0 Å². The van der Waals surface area contributed by atoms with Gasteiger partial charge < -0.3 is 10.3 Å². The lowest BCUT2D eigenvalue weighted by atomic mass is 10.1. The molecule has 3 N–H and O–H groups in total. The molecule has 0 saturated carbocycles. The van der Waals surface area contributed by atoms with Crippen LogP contribution in [0.5, 0.6) is 0 Å². The summed E-state index contributed by atoms with van der Waals surface area (Å²) in [6.45, 7) is 2.80. The fourth-order valence-corrected chi connectivity index (χ4v) is 4.05. The number of nitrogens with two attached hydrogens (primary N) is 1. The Hall–Kier alpha value is -2.76. The molecule has 2 aromatic heterocycles. The van der Waals surface area contributed by atoms with Crippen molar-refractivity contribution in [1.29, 1.82) is 0 Å². The summed E-state index contributed by atoms with van der Waals surface area (Å²) in [6, 6.07) is 22.7. The van der Waals surface area contributed by atoms with Gasteiger partial charge in [0, 0.05) is 10.4 Å². The van der Waals surface area contributed by atoms with Gasteiger partial charge in [0.2, 0.25) is 0 Å². The Morgan fingerprint density at radius 3 is 2.50 bits per heavy atom. The lowest BCUT2D eigenvalue weighted by Crippen LogP contribution is -2.83. The van der Waals surface area contributed by atoms with Gasteiger partial charge in [0.1, 0.15) is 17.4 Å². The predicted molar refractivity (Wildman–Crippen MR) is 106 cm³/mol. The first-order valence-electron chi connectivity index (χ1n) is 8.67. The number of hydrogen-bond acceptors (Lipinski definition) is 3. The second-order valence-corrected chi connectivity index (χ2v) is 7.38. The number of benzene rings is 2. The van der Waals surface area contributed by atoms with E-state index in [1.54, 1.807) is 11.3 Å². The van der Waals surface area contributed by atoms with Gasteiger partial charge in [-0.15, -0.1) is 11.3 Å². The molecule has 0 bridgehead atoms. The van der Waals surface area contributed by atoms with Crippen LogP contribution < -0.4 is 10.9 Å². The van der Waals surface area contributed by atoms with Crippen molar-refractivity contribution in [2.75, 3.05) is 0 Å². The van der Waals surface area contributed by atoms with E-state index in [1.165, 1.54) is 5.56 Å². The lowest BCUT2D eigenvalue weighted by Gasteiger charge is -2.10. The SMILES string of the molecule is C[C@H]([NH2+]Cc1nc2sc(-c3ccccc3)cc2c(=O)[nH]1)c1ccccc1. The number of nitrogens with zero attached hydrogens (tertiary/aromatic N) is 1. The molecule has 0 saturated heterocycles. The maximum absolute atomic E-state index is 12.5. The number of quaternary nitrogens is 1. The maximum Gasteiger partial charge on any atom is 0.259 e. The van der Waals surface area contributed by atoms with Gasteiger partial charge in [0.25, 0.3) is 5.56 Å². The fourth-order valence-electron chi connectivity index (χ4n) is 3.00. The summed E-state index contributed by atoms with van der Waals surface area (Å²) in [5.41, 5.74) is 2.31. The summed E-state index contributed by atoms with van der Waals surface area (Å²) in [4.78, 5) is 21.9. The van der Waals surface area contributed by atoms with E-state index in [2.05, 4.69) is 46.5 Å². The zero-order chi connectivity index (χ0) is 17.9. The van der Waals surface area contributed by atoms with Gasteiger partial charge in [-0.25, -0.2) is 4.98 Å². The van der Waals surface area contributed by atoms with E-state index < -0.39 is 0 Å². The Balaban J connectivity index is 1.58. The second-order valence-electron chi connectivity index (χ2n) is 6.35. The number of thiophene rings is 1. The summed E-state index contributed by atoms with van der Waals surface area (Å²) in [5.74, 6) is 0.715. The topological polar surface area (TPSA) is 62.4 Å². The highest BCUT2D eigenvalue weighted by molar-refractivity contribution is 7.21. The molecule has 0 aliphatic heterocycles. The Kier molecular flexibility index (Phi) is 4.65. The molecule has 5 heteroatoms. The van der Waals surface area contributed by atoms with Crippen molar-refractivity contribution in [1.82, 2.24) is 9.97 Å². The molecule has 0 spiro atoms. The minimum absolute atomic E-state index is 0.0656. The smallest absolute Gasteiger partial charge is 0.259 e. The molecule has 0 unspecified atom stereocenters. The zero-order valence-electron chi connectivity index (χ0n) is 14.5. The van der Waals surface area contributed by atoms with E-state index >= 15 is 0 Å². The van der Waals surface area contributed by atoms with Crippen LogP contribution >= 0.6 is 11.3 Å². The first-order chi connectivity index (χ1) is 12.7. The number of rotatable bonds is 5. The molecule has 0 amide bonds. The average molecular weight is 362 g/mol. The van der Waals surface area contributed by atoms with Crippen LogP contribution in [0.15, 0.2) is 71.5 Å². The monoisotopic (exact) mass is 362 g/mol. The summed E-state index contributed by atoms with van der Waals surface area (Å²) >= 11 is 1.56. The number of aromatic nitrogens is 2. The quantitative estimate of drug-likeness (QED) is 0.571. The first-order valence-corrected chi connectivity index (χ1v) is 9.49.